The van der Waals surface area contributed by atoms with Crippen molar-refractivity contribution >= 4 is 34.0 Å². The zero-order valence-electron chi connectivity index (χ0n) is 41.5. The fourth-order valence-electron chi connectivity index (χ4n) is 12.3. The SMILES string of the molecule is C1=C(c2ccc(-c3ccccc3)cc2)CCC(N(c2ccccc2)c2ccc3c(c2)C2(c4ccccc4-c4ccccc42)c2cc(N(c4ccc(-c5ccccc5)cc4)c4ccc(-c5ccccc5)cc4)ccc2-3)=C1. The highest BCUT2D eigenvalue weighted by Crippen LogP contribution is 2.64. The first kappa shape index (κ1) is 44.2. The van der Waals surface area contributed by atoms with Crippen LogP contribution in [0.2, 0.25) is 0 Å². The first-order chi connectivity index (χ1) is 37.2. The minimum atomic E-state index is -0.577. The molecule has 14 rings (SSSR count). The van der Waals surface area contributed by atoms with Gasteiger partial charge in [0, 0.05) is 34.1 Å². The summed E-state index contributed by atoms with van der Waals surface area (Å²) in [7, 11) is 0. The van der Waals surface area contributed by atoms with E-state index in [0.29, 0.717) is 0 Å². The molecule has 0 heterocycles. The van der Waals surface area contributed by atoms with E-state index in [1.807, 2.05) is 0 Å². The second-order valence-electron chi connectivity index (χ2n) is 19.9. The van der Waals surface area contributed by atoms with Crippen LogP contribution in [-0.2, 0) is 5.41 Å². The van der Waals surface area contributed by atoms with E-state index in [2.05, 4.69) is 301 Å². The van der Waals surface area contributed by atoms with Gasteiger partial charge in [-0.1, -0.05) is 224 Å². The van der Waals surface area contributed by atoms with Crippen LogP contribution in [0.3, 0.4) is 0 Å². The Balaban J connectivity index is 0.918. The Kier molecular flexibility index (Phi) is 10.9. The summed E-state index contributed by atoms with van der Waals surface area (Å²) in [6.07, 6.45) is 6.56. The van der Waals surface area contributed by atoms with Gasteiger partial charge in [0.25, 0.3) is 0 Å². The van der Waals surface area contributed by atoms with E-state index in [4.69, 9.17) is 0 Å². The van der Waals surface area contributed by atoms with Gasteiger partial charge in [0.1, 0.15) is 0 Å². The maximum absolute atomic E-state index is 2.52. The fraction of sp³-hybridized carbons (Fsp3) is 0.0411. The van der Waals surface area contributed by atoms with Crippen molar-refractivity contribution < 1.29 is 0 Å². The van der Waals surface area contributed by atoms with Gasteiger partial charge in [0.2, 0.25) is 0 Å². The lowest BCUT2D eigenvalue weighted by Gasteiger charge is -2.34. The molecule has 354 valence electrons. The van der Waals surface area contributed by atoms with Gasteiger partial charge in [-0.25, -0.2) is 0 Å². The molecule has 0 bridgehead atoms. The lowest BCUT2D eigenvalue weighted by Crippen LogP contribution is -2.27. The standard InChI is InChI=1S/C73H52N2/c1-5-17-51(18-6-1)54-29-31-55(32-30-54)58-37-43-60(44-38-58)74(59-23-11-4-12-24-59)63-45-47-67-68-48-46-64(50-72(68)73(71(67)49-63)69-27-15-13-25-65(69)66-26-14-16-28-70(66)73)75(61-39-33-56(34-40-61)52-19-7-2-8-20-52)62-41-35-57(36-42-62)53-21-9-3-10-22-53/h1-37,39-43,45-50H,38,44H2. The summed E-state index contributed by atoms with van der Waals surface area (Å²) in [6, 6.07) is 103. The molecule has 0 fully saturated rings. The lowest BCUT2D eigenvalue weighted by atomic mass is 9.70. The maximum atomic E-state index is 2.52. The molecule has 0 saturated heterocycles. The summed E-state index contributed by atoms with van der Waals surface area (Å²) < 4.78 is 0. The molecule has 0 aliphatic heterocycles. The molecule has 2 nitrogen and oxygen atoms in total. The van der Waals surface area contributed by atoms with Crippen LogP contribution in [0, 0.1) is 0 Å². The molecule has 2 heteroatoms. The quantitative estimate of drug-likeness (QED) is 0.135. The Morgan fingerprint density at radius 3 is 1.04 bits per heavy atom. The predicted octanol–water partition coefficient (Wildman–Crippen LogP) is 19.4. The van der Waals surface area contributed by atoms with Crippen LogP contribution in [0.4, 0.5) is 28.4 Å². The van der Waals surface area contributed by atoms with Gasteiger partial charge in [-0.05, 0) is 169 Å². The lowest BCUT2D eigenvalue weighted by molar-refractivity contribution is 0.793. The molecular formula is C73H52N2. The summed E-state index contributed by atoms with van der Waals surface area (Å²) in [5.41, 5.74) is 26.6. The van der Waals surface area contributed by atoms with E-state index in [0.717, 1.165) is 41.3 Å². The predicted molar refractivity (Wildman–Crippen MR) is 314 cm³/mol. The van der Waals surface area contributed by atoms with Crippen molar-refractivity contribution in [3.05, 3.63) is 325 Å². The molecule has 0 amide bonds. The molecule has 11 aromatic rings. The van der Waals surface area contributed by atoms with Crippen LogP contribution in [-0.4, -0.2) is 0 Å². The number of para-hydroxylation sites is 1. The van der Waals surface area contributed by atoms with E-state index >= 15 is 0 Å². The van der Waals surface area contributed by atoms with E-state index in [1.165, 1.54) is 94.7 Å². The van der Waals surface area contributed by atoms with Crippen molar-refractivity contribution in [2.45, 2.75) is 18.3 Å². The van der Waals surface area contributed by atoms with Gasteiger partial charge < -0.3 is 9.80 Å². The van der Waals surface area contributed by atoms with Crippen molar-refractivity contribution in [1.82, 2.24) is 0 Å². The van der Waals surface area contributed by atoms with Crippen LogP contribution >= 0.6 is 0 Å². The zero-order chi connectivity index (χ0) is 49.7. The van der Waals surface area contributed by atoms with Crippen LogP contribution in [0.5, 0.6) is 0 Å². The molecular weight excluding hydrogens is 905 g/mol. The molecule has 75 heavy (non-hydrogen) atoms. The first-order valence-corrected chi connectivity index (χ1v) is 26.2. The maximum Gasteiger partial charge on any atom is 0.0727 e. The van der Waals surface area contributed by atoms with E-state index in [9.17, 15) is 0 Å². The molecule has 0 N–H and O–H groups in total. The third-order valence-corrected chi connectivity index (χ3v) is 15.8. The number of allylic oxidation sites excluding steroid dienone is 4. The molecule has 3 aliphatic carbocycles. The normalized spacial score (nSPS) is 13.5. The van der Waals surface area contributed by atoms with Gasteiger partial charge in [0.05, 0.1) is 5.41 Å². The van der Waals surface area contributed by atoms with E-state index < -0.39 is 5.41 Å². The smallest absolute Gasteiger partial charge is 0.0727 e. The summed E-state index contributed by atoms with van der Waals surface area (Å²) in [5, 5.41) is 0. The second-order valence-corrected chi connectivity index (χ2v) is 19.9. The summed E-state index contributed by atoms with van der Waals surface area (Å²) in [6.45, 7) is 0. The number of hydrogen-bond acceptors (Lipinski definition) is 2. The van der Waals surface area contributed by atoms with Crippen LogP contribution < -0.4 is 9.80 Å². The van der Waals surface area contributed by atoms with E-state index in [1.54, 1.807) is 0 Å². The molecule has 11 aromatic carbocycles. The minimum Gasteiger partial charge on any atom is -0.314 e. The number of hydrogen-bond donors (Lipinski definition) is 0. The molecule has 0 radical (unpaired) electrons. The van der Waals surface area contributed by atoms with Crippen molar-refractivity contribution in [1.29, 1.82) is 0 Å². The Hall–Kier alpha value is -9.50. The van der Waals surface area contributed by atoms with Gasteiger partial charge in [-0.3, -0.25) is 0 Å². The average Bonchev–Trinajstić information content (AvgIpc) is 4.10. The molecule has 0 unspecified atom stereocenters. The van der Waals surface area contributed by atoms with Crippen molar-refractivity contribution in [3.8, 4) is 55.6 Å². The number of rotatable bonds is 10. The summed E-state index contributed by atoms with van der Waals surface area (Å²) >= 11 is 0. The molecule has 0 atom stereocenters. The third-order valence-electron chi connectivity index (χ3n) is 15.8. The zero-order valence-corrected chi connectivity index (χ0v) is 41.5. The average molecular weight is 957 g/mol. The number of fused-ring (bicyclic) bond motifs is 10. The highest BCUT2D eigenvalue weighted by molar-refractivity contribution is 5.97. The fourth-order valence-corrected chi connectivity index (χ4v) is 12.3. The number of nitrogens with zero attached hydrogens (tertiary/aromatic N) is 2. The number of anilines is 5. The number of benzene rings is 11. The Labute approximate surface area is 440 Å². The van der Waals surface area contributed by atoms with Crippen molar-refractivity contribution in [3.63, 3.8) is 0 Å². The summed E-state index contributed by atoms with van der Waals surface area (Å²) in [4.78, 5) is 4.94. The highest BCUT2D eigenvalue weighted by atomic mass is 15.2. The summed E-state index contributed by atoms with van der Waals surface area (Å²) in [5.74, 6) is 0. The monoisotopic (exact) mass is 956 g/mol. The largest absolute Gasteiger partial charge is 0.314 e. The molecule has 1 spiro atoms. The third kappa shape index (κ3) is 7.56. The van der Waals surface area contributed by atoms with E-state index in [-0.39, 0.29) is 0 Å². The van der Waals surface area contributed by atoms with Gasteiger partial charge in [-0.2, -0.15) is 0 Å². The second kappa shape index (κ2) is 18.5. The Morgan fingerprint density at radius 2 is 0.587 bits per heavy atom. The Morgan fingerprint density at radius 1 is 0.240 bits per heavy atom. The first-order valence-electron chi connectivity index (χ1n) is 26.2. The molecule has 0 saturated carbocycles. The van der Waals surface area contributed by atoms with Gasteiger partial charge in [-0.15, -0.1) is 0 Å². The van der Waals surface area contributed by atoms with Crippen molar-refractivity contribution in [2.24, 2.45) is 0 Å². The van der Waals surface area contributed by atoms with Crippen molar-refractivity contribution in [2.75, 3.05) is 9.80 Å². The van der Waals surface area contributed by atoms with Gasteiger partial charge in [0.15, 0.2) is 0 Å². The topological polar surface area (TPSA) is 6.48 Å². The van der Waals surface area contributed by atoms with Gasteiger partial charge >= 0.3 is 0 Å². The molecule has 0 aromatic heterocycles. The molecule has 3 aliphatic rings. The van der Waals surface area contributed by atoms with Crippen LogP contribution in [0.25, 0.3) is 61.2 Å². The van der Waals surface area contributed by atoms with Crippen LogP contribution in [0.15, 0.2) is 297 Å². The Bertz CT molecular complexity index is 3820. The van der Waals surface area contributed by atoms with Crippen LogP contribution in [0.1, 0.15) is 40.7 Å². The highest BCUT2D eigenvalue weighted by Gasteiger charge is 2.52. The minimum absolute atomic E-state index is 0.577.